The molecular weight excluding hydrogens is 344 g/mol. The van der Waals surface area contributed by atoms with Gasteiger partial charge in [0.05, 0.1) is 6.04 Å². The lowest BCUT2D eigenvalue weighted by Crippen LogP contribution is -2.49. The molecule has 0 fully saturated rings. The molecule has 3 rings (SSSR count). The number of nitrogens with zero attached hydrogens (tertiary/aromatic N) is 1. The van der Waals surface area contributed by atoms with Crippen LogP contribution in [-0.2, 0) is 4.79 Å². The highest BCUT2D eigenvalue weighted by atomic mass is 79.9. The van der Waals surface area contributed by atoms with E-state index < -0.39 is 0 Å². The van der Waals surface area contributed by atoms with Gasteiger partial charge in [0.1, 0.15) is 0 Å². The monoisotopic (exact) mass is 362 g/mol. The number of halogens is 1. The van der Waals surface area contributed by atoms with Gasteiger partial charge >= 0.3 is 6.03 Å². The summed E-state index contributed by atoms with van der Waals surface area (Å²) in [6, 6.07) is 7.23. The molecule has 4 nitrogen and oxygen atoms in total. The maximum Gasteiger partial charge on any atom is 0.322 e. The molecule has 0 spiro atoms. The van der Waals surface area contributed by atoms with E-state index in [-0.39, 0.29) is 23.3 Å². The highest BCUT2D eigenvalue weighted by molar-refractivity contribution is 9.10. The van der Waals surface area contributed by atoms with Crippen LogP contribution in [0.4, 0.5) is 4.79 Å². The molecule has 5 heteroatoms. The molecule has 0 bridgehead atoms. The van der Waals surface area contributed by atoms with Crippen molar-refractivity contribution in [1.29, 1.82) is 0 Å². The Labute approximate surface area is 138 Å². The Balaban J connectivity index is 2.13. The quantitative estimate of drug-likeness (QED) is 0.825. The van der Waals surface area contributed by atoms with Crippen molar-refractivity contribution in [3.8, 4) is 0 Å². The number of hydrogen-bond acceptors (Lipinski definition) is 2. The minimum absolute atomic E-state index is 0.108. The molecule has 0 radical (unpaired) electrons. The fourth-order valence-corrected chi connectivity index (χ4v) is 3.70. The third-order valence-corrected chi connectivity index (χ3v) is 4.84. The number of benzene rings is 1. The summed E-state index contributed by atoms with van der Waals surface area (Å²) in [6.07, 6.45) is 1.25. The molecule has 116 valence electrons. The molecule has 1 aromatic rings. The van der Waals surface area contributed by atoms with Crippen molar-refractivity contribution < 1.29 is 9.59 Å². The van der Waals surface area contributed by atoms with Gasteiger partial charge in [-0.25, -0.2) is 4.79 Å². The smallest absolute Gasteiger partial charge is 0.322 e. The van der Waals surface area contributed by atoms with Crippen molar-refractivity contribution in [1.82, 2.24) is 10.2 Å². The van der Waals surface area contributed by atoms with E-state index in [1.165, 1.54) is 0 Å². The van der Waals surface area contributed by atoms with Gasteiger partial charge in [-0.05, 0) is 29.5 Å². The number of allylic oxidation sites excluding steroid dienone is 1. The Hall–Kier alpha value is -1.62. The zero-order valence-electron chi connectivity index (χ0n) is 12.9. The van der Waals surface area contributed by atoms with Gasteiger partial charge in [-0.2, -0.15) is 0 Å². The van der Waals surface area contributed by atoms with Crippen LogP contribution in [0, 0.1) is 5.41 Å². The number of carbonyl (C=O) groups is 2. The number of rotatable bonds is 1. The van der Waals surface area contributed by atoms with E-state index in [4.69, 9.17) is 0 Å². The molecule has 0 unspecified atom stereocenters. The summed E-state index contributed by atoms with van der Waals surface area (Å²) in [4.78, 5) is 26.6. The minimum Gasteiger partial charge on any atom is -0.327 e. The van der Waals surface area contributed by atoms with Crippen molar-refractivity contribution in [2.45, 2.75) is 32.7 Å². The molecule has 2 aliphatic rings. The van der Waals surface area contributed by atoms with E-state index in [0.717, 1.165) is 27.7 Å². The minimum atomic E-state index is -0.361. The second-order valence-corrected chi connectivity index (χ2v) is 7.71. The fourth-order valence-electron chi connectivity index (χ4n) is 3.28. The van der Waals surface area contributed by atoms with Crippen LogP contribution in [0.15, 0.2) is 40.0 Å². The van der Waals surface area contributed by atoms with Gasteiger partial charge in [0.2, 0.25) is 0 Å². The lowest BCUT2D eigenvalue weighted by molar-refractivity contribution is -0.118. The van der Waals surface area contributed by atoms with E-state index in [9.17, 15) is 9.59 Å². The van der Waals surface area contributed by atoms with E-state index in [1.54, 1.807) is 11.9 Å². The number of amides is 2. The Morgan fingerprint density at radius 2 is 2.00 bits per heavy atom. The molecular formula is C17H19BrN2O2. The number of urea groups is 1. The van der Waals surface area contributed by atoms with Crippen molar-refractivity contribution in [2.75, 3.05) is 7.05 Å². The first-order valence-corrected chi connectivity index (χ1v) is 8.14. The second kappa shape index (κ2) is 5.23. The van der Waals surface area contributed by atoms with Crippen LogP contribution in [0.2, 0.25) is 0 Å². The molecule has 1 aromatic carbocycles. The number of hydrogen-bond donors (Lipinski definition) is 1. The highest BCUT2D eigenvalue weighted by Crippen LogP contribution is 2.43. The van der Waals surface area contributed by atoms with Crippen LogP contribution >= 0.6 is 15.9 Å². The topological polar surface area (TPSA) is 49.4 Å². The van der Waals surface area contributed by atoms with Gasteiger partial charge in [-0.3, -0.25) is 4.79 Å². The van der Waals surface area contributed by atoms with Crippen LogP contribution in [0.25, 0.3) is 0 Å². The Bertz CT molecular complexity index is 694. The average Bonchev–Trinajstić information content (AvgIpc) is 2.42. The molecule has 1 atom stereocenters. The van der Waals surface area contributed by atoms with Gasteiger partial charge in [0.25, 0.3) is 0 Å². The molecule has 1 N–H and O–H groups in total. The summed E-state index contributed by atoms with van der Waals surface area (Å²) in [5, 5.41) is 2.95. The lowest BCUT2D eigenvalue weighted by Gasteiger charge is -2.42. The van der Waals surface area contributed by atoms with Crippen LogP contribution in [0.3, 0.4) is 0 Å². The number of ketones is 1. The van der Waals surface area contributed by atoms with Gasteiger partial charge in [-0.15, -0.1) is 0 Å². The summed E-state index contributed by atoms with van der Waals surface area (Å²) in [5.74, 6) is 0.128. The summed E-state index contributed by atoms with van der Waals surface area (Å²) < 4.78 is 0.934. The predicted molar refractivity (Wildman–Crippen MR) is 88.2 cm³/mol. The number of carbonyl (C=O) groups excluding carboxylic acids is 2. The van der Waals surface area contributed by atoms with E-state index in [0.29, 0.717) is 6.42 Å². The Morgan fingerprint density at radius 1 is 1.27 bits per heavy atom. The first-order valence-electron chi connectivity index (χ1n) is 7.34. The zero-order valence-corrected chi connectivity index (χ0v) is 14.5. The van der Waals surface area contributed by atoms with Crippen LogP contribution in [0.1, 0.15) is 38.3 Å². The maximum absolute atomic E-state index is 12.7. The van der Waals surface area contributed by atoms with Gasteiger partial charge in [-0.1, -0.05) is 41.9 Å². The van der Waals surface area contributed by atoms with Crippen LogP contribution in [-0.4, -0.2) is 23.8 Å². The van der Waals surface area contributed by atoms with Gasteiger partial charge in [0.15, 0.2) is 5.78 Å². The first-order chi connectivity index (χ1) is 10.3. The highest BCUT2D eigenvalue weighted by Gasteiger charge is 2.42. The first kappa shape index (κ1) is 15.3. The fraction of sp³-hybridized carbons (Fsp3) is 0.412. The molecule has 1 heterocycles. The molecule has 22 heavy (non-hydrogen) atoms. The van der Waals surface area contributed by atoms with Gasteiger partial charge in [0, 0.05) is 29.2 Å². The molecule has 0 saturated heterocycles. The van der Waals surface area contributed by atoms with Gasteiger partial charge < -0.3 is 10.2 Å². The normalized spacial score (nSPS) is 24.2. The summed E-state index contributed by atoms with van der Waals surface area (Å²) >= 11 is 3.45. The van der Waals surface area contributed by atoms with Crippen molar-refractivity contribution in [3.05, 3.63) is 45.6 Å². The lowest BCUT2D eigenvalue weighted by atomic mass is 9.72. The molecule has 1 aliphatic heterocycles. The largest absolute Gasteiger partial charge is 0.327 e. The third kappa shape index (κ3) is 2.58. The van der Waals surface area contributed by atoms with E-state index in [1.807, 2.05) is 24.3 Å². The molecule has 2 amide bonds. The Kier molecular flexibility index (Phi) is 3.63. The summed E-state index contributed by atoms with van der Waals surface area (Å²) in [6.45, 7) is 4.15. The van der Waals surface area contributed by atoms with Crippen molar-refractivity contribution in [2.24, 2.45) is 5.41 Å². The summed E-state index contributed by atoms with van der Waals surface area (Å²) in [5.41, 5.74) is 2.41. The average molecular weight is 363 g/mol. The molecule has 0 saturated carbocycles. The third-order valence-electron chi connectivity index (χ3n) is 4.34. The number of nitrogens with one attached hydrogen (secondary N) is 1. The van der Waals surface area contributed by atoms with Crippen LogP contribution in [0.5, 0.6) is 0 Å². The van der Waals surface area contributed by atoms with E-state index in [2.05, 4.69) is 35.1 Å². The molecule has 1 aliphatic carbocycles. The standard InChI is InChI=1S/C17H19BrN2O2/c1-17(2)8-12-14(13(21)9-17)15(19-16(22)20(12)3)10-5-4-6-11(18)7-10/h4-7,15H,8-9H2,1-3H3,(H,19,22)/t15-/m1/s1. The predicted octanol–water partition coefficient (Wildman–Crippen LogP) is 3.79. The molecule has 0 aromatic heterocycles. The zero-order chi connectivity index (χ0) is 16.1. The van der Waals surface area contributed by atoms with Crippen molar-refractivity contribution >= 4 is 27.7 Å². The van der Waals surface area contributed by atoms with E-state index >= 15 is 0 Å². The maximum atomic E-state index is 12.7. The number of Topliss-reactive ketones (excluding diaryl/α,β-unsaturated/α-hetero) is 1. The van der Waals surface area contributed by atoms with Crippen LogP contribution < -0.4 is 5.32 Å². The SMILES string of the molecule is CN1C(=O)N[C@H](c2cccc(Br)c2)C2=C1CC(C)(C)CC2=O. The second-order valence-electron chi connectivity index (χ2n) is 6.80. The Morgan fingerprint density at radius 3 is 2.68 bits per heavy atom. The van der Waals surface area contributed by atoms with Crippen molar-refractivity contribution in [3.63, 3.8) is 0 Å². The summed E-state index contributed by atoms with van der Waals surface area (Å²) in [7, 11) is 1.73.